The van der Waals surface area contributed by atoms with E-state index in [1.54, 1.807) is 0 Å². The number of primary sulfonamides is 1. The second-order valence-corrected chi connectivity index (χ2v) is 4.75. The van der Waals surface area contributed by atoms with Gasteiger partial charge in [-0.15, -0.1) is 0 Å². The van der Waals surface area contributed by atoms with Gasteiger partial charge in [-0.05, 0) is 18.2 Å². The van der Waals surface area contributed by atoms with E-state index in [1.807, 2.05) is 0 Å². The van der Waals surface area contributed by atoms with Gasteiger partial charge in [-0.3, -0.25) is 0 Å². The molecule has 0 aromatic heterocycles. The molecule has 0 aliphatic carbocycles. The lowest BCUT2D eigenvalue weighted by Crippen LogP contribution is -2.31. The molecule has 1 aromatic carbocycles. The highest BCUT2D eigenvalue weighted by Crippen LogP contribution is 2.31. The molecule has 0 saturated heterocycles. The summed E-state index contributed by atoms with van der Waals surface area (Å²) in [7, 11) is -4.50. The van der Waals surface area contributed by atoms with Gasteiger partial charge in [0.25, 0.3) is 5.92 Å². The van der Waals surface area contributed by atoms with Gasteiger partial charge in [0.15, 0.2) is 0 Å². The zero-order valence-electron chi connectivity index (χ0n) is 7.75. The topological polar surface area (TPSA) is 60.2 Å². The van der Waals surface area contributed by atoms with Crippen LogP contribution in [0.3, 0.4) is 0 Å². The van der Waals surface area contributed by atoms with Crippen molar-refractivity contribution in [3.8, 4) is 0 Å². The summed E-state index contributed by atoms with van der Waals surface area (Å²) in [6, 6.07) is 1.37. The van der Waals surface area contributed by atoms with Crippen LogP contribution in [0.15, 0.2) is 18.2 Å². The zero-order valence-corrected chi connectivity index (χ0v) is 8.57. The molecule has 16 heavy (non-hydrogen) atoms. The highest BCUT2D eigenvalue weighted by atomic mass is 32.2. The van der Waals surface area contributed by atoms with Crippen molar-refractivity contribution in [2.24, 2.45) is 5.14 Å². The SMILES string of the molecule is NS(=O)(=O)CC(F)(F)c1cc(F)ccc1F. The maximum Gasteiger partial charge on any atom is 0.291 e. The van der Waals surface area contributed by atoms with E-state index < -0.39 is 38.9 Å². The standard InChI is InChI=1S/C8H7F4NO2S/c9-5-1-2-7(10)6(3-5)8(11,12)4-16(13,14)15/h1-3H,4H2,(H2,13,14,15). The van der Waals surface area contributed by atoms with Crippen LogP contribution < -0.4 is 5.14 Å². The first-order valence-corrected chi connectivity index (χ1v) is 5.67. The number of alkyl halides is 2. The second-order valence-electron chi connectivity index (χ2n) is 3.14. The molecule has 0 unspecified atom stereocenters. The third-order valence-electron chi connectivity index (χ3n) is 1.70. The van der Waals surface area contributed by atoms with E-state index in [-0.39, 0.29) is 6.07 Å². The van der Waals surface area contributed by atoms with Crippen LogP contribution in [0.4, 0.5) is 17.6 Å². The minimum absolute atomic E-state index is 0.237. The lowest BCUT2D eigenvalue weighted by molar-refractivity contribution is 0.0172. The van der Waals surface area contributed by atoms with Gasteiger partial charge in [-0.1, -0.05) is 0 Å². The van der Waals surface area contributed by atoms with Crippen LogP contribution >= 0.6 is 0 Å². The molecule has 0 aliphatic heterocycles. The molecule has 90 valence electrons. The summed E-state index contributed by atoms with van der Waals surface area (Å²) in [5.74, 6) is -8.33. The zero-order chi connectivity index (χ0) is 12.6. The van der Waals surface area contributed by atoms with Crippen molar-refractivity contribution in [2.75, 3.05) is 5.75 Å². The molecule has 0 amide bonds. The monoisotopic (exact) mass is 257 g/mol. The maximum absolute atomic E-state index is 13.2. The average molecular weight is 257 g/mol. The molecule has 3 nitrogen and oxygen atoms in total. The minimum Gasteiger partial charge on any atom is -0.229 e. The van der Waals surface area contributed by atoms with Gasteiger partial charge in [-0.25, -0.2) is 31.1 Å². The lowest BCUT2D eigenvalue weighted by atomic mass is 10.1. The van der Waals surface area contributed by atoms with E-state index in [0.717, 1.165) is 0 Å². The summed E-state index contributed by atoms with van der Waals surface area (Å²) in [6.07, 6.45) is 0. The number of benzene rings is 1. The molecule has 0 atom stereocenters. The highest BCUT2D eigenvalue weighted by molar-refractivity contribution is 7.89. The largest absolute Gasteiger partial charge is 0.291 e. The van der Waals surface area contributed by atoms with Gasteiger partial charge < -0.3 is 0 Å². The lowest BCUT2D eigenvalue weighted by Gasteiger charge is -2.15. The predicted molar refractivity (Wildman–Crippen MR) is 48.2 cm³/mol. The van der Waals surface area contributed by atoms with Crippen LogP contribution in [0.25, 0.3) is 0 Å². The molecule has 0 heterocycles. The van der Waals surface area contributed by atoms with Crippen LogP contribution in [0.2, 0.25) is 0 Å². The van der Waals surface area contributed by atoms with Crippen LogP contribution in [0, 0.1) is 11.6 Å². The summed E-state index contributed by atoms with van der Waals surface area (Å²) < 4.78 is 73.0. The molecule has 1 rings (SSSR count). The Morgan fingerprint density at radius 3 is 2.31 bits per heavy atom. The van der Waals surface area contributed by atoms with E-state index in [1.165, 1.54) is 0 Å². The van der Waals surface area contributed by atoms with Crippen molar-refractivity contribution < 1.29 is 26.0 Å². The van der Waals surface area contributed by atoms with Crippen molar-refractivity contribution in [3.63, 3.8) is 0 Å². The highest BCUT2D eigenvalue weighted by Gasteiger charge is 2.39. The van der Waals surface area contributed by atoms with Crippen LogP contribution in [-0.2, 0) is 15.9 Å². The Morgan fingerprint density at radius 1 is 1.25 bits per heavy atom. The van der Waals surface area contributed by atoms with E-state index in [2.05, 4.69) is 5.14 Å². The van der Waals surface area contributed by atoms with E-state index in [4.69, 9.17) is 0 Å². The van der Waals surface area contributed by atoms with Crippen molar-refractivity contribution in [3.05, 3.63) is 35.4 Å². The van der Waals surface area contributed by atoms with E-state index in [9.17, 15) is 26.0 Å². The molecule has 0 radical (unpaired) electrons. The van der Waals surface area contributed by atoms with Gasteiger partial charge in [-0.2, -0.15) is 0 Å². The number of sulfonamides is 1. The molecule has 0 bridgehead atoms. The third kappa shape index (κ3) is 3.17. The number of rotatable bonds is 3. The Bertz CT molecular complexity index is 501. The summed E-state index contributed by atoms with van der Waals surface area (Å²) in [4.78, 5) is 0. The third-order valence-corrected chi connectivity index (χ3v) is 2.47. The van der Waals surface area contributed by atoms with E-state index >= 15 is 0 Å². The Hall–Kier alpha value is -1.15. The van der Waals surface area contributed by atoms with Crippen molar-refractivity contribution in [1.29, 1.82) is 0 Å². The van der Waals surface area contributed by atoms with Gasteiger partial charge in [0.2, 0.25) is 10.0 Å². The van der Waals surface area contributed by atoms with Gasteiger partial charge in [0.1, 0.15) is 17.4 Å². The van der Waals surface area contributed by atoms with Crippen molar-refractivity contribution in [2.45, 2.75) is 5.92 Å². The normalized spacial score (nSPS) is 12.8. The average Bonchev–Trinajstić information content (AvgIpc) is 2.04. The van der Waals surface area contributed by atoms with Crippen LogP contribution in [0.5, 0.6) is 0 Å². The fourth-order valence-corrected chi connectivity index (χ4v) is 1.77. The fourth-order valence-electron chi connectivity index (χ4n) is 1.11. The number of halogens is 4. The summed E-state index contributed by atoms with van der Waals surface area (Å²) in [5.41, 5.74) is -1.33. The van der Waals surface area contributed by atoms with Gasteiger partial charge in [0.05, 0.1) is 5.56 Å². The summed E-state index contributed by atoms with van der Waals surface area (Å²) >= 11 is 0. The summed E-state index contributed by atoms with van der Waals surface area (Å²) in [6.45, 7) is 0. The second kappa shape index (κ2) is 4.02. The fraction of sp³-hybridized carbons (Fsp3) is 0.250. The van der Waals surface area contributed by atoms with Crippen LogP contribution in [0.1, 0.15) is 5.56 Å². The quantitative estimate of drug-likeness (QED) is 0.831. The Kier molecular flexibility index (Phi) is 3.25. The molecule has 2 N–H and O–H groups in total. The molecule has 1 aromatic rings. The number of nitrogens with two attached hydrogens (primary N) is 1. The molecule has 8 heteroatoms. The Balaban J connectivity index is 3.21. The van der Waals surface area contributed by atoms with Crippen LogP contribution in [-0.4, -0.2) is 14.2 Å². The Labute approximate surface area is 88.9 Å². The molecule has 0 fully saturated rings. The maximum atomic E-state index is 13.2. The predicted octanol–water partition coefficient (Wildman–Crippen LogP) is 1.35. The van der Waals surface area contributed by atoms with Crippen molar-refractivity contribution >= 4 is 10.0 Å². The summed E-state index contributed by atoms with van der Waals surface area (Å²) in [5, 5.41) is 4.42. The first-order chi connectivity index (χ1) is 7.12. The van der Waals surface area contributed by atoms with Gasteiger partial charge >= 0.3 is 0 Å². The number of hydrogen-bond acceptors (Lipinski definition) is 2. The van der Waals surface area contributed by atoms with E-state index in [0.29, 0.717) is 12.1 Å². The number of hydrogen-bond donors (Lipinski definition) is 1. The molecule has 0 saturated carbocycles. The first-order valence-electron chi connectivity index (χ1n) is 3.96. The Morgan fingerprint density at radius 2 is 1.81 bits per heavy atom. The molecule has 0 aliphatic rings. The minimum atomic E-state index is -4.50. The van der Waals surface area contributed by atoms with Crippen molar-refractivity contribution in [1.82, 2.24) is 0 Å². The first kappa shape index (κ1) is 12.9. The molecular formula is C8H7F4NO2S. The van der Waals surface area contributed by atoms with Gasteiger partial charge in [0, 0.05) is 0 Å². The molecule has 0 spiro atoms. The molecular weight excluding hydrogens is 250 g/mol. The smallest absolute Gasteiger partial charge is 0.229 e.